The highest BCUT2D eigenvalue weighted by Gasteiger charge is 2.35. The molecule has 14 heteroatoms. The molecule has 0 saturated heterocycles. The molecule has 3 rings (SSSR count). The van der Waals surface area contributed by atoms with Crippen molar-refractivity contribution in [1.82, 2.24) is 14.1 Å². The Morgan fingerprint density at radius 1 is 1.15 bits per heavy atom. The lowest BCUT2D eigenvalue weighted by Gasteiger charge is -2.15. The highest BCUT2D eigenvalue weighted by atomic mass is 35.5. The zero-order chi connectivity index (χ0) is 25.2. The van der Waals surface area contributed by atoms with Crippen molar-refractivity contribution in [3.63, 3.8) is 0 Å². The molecule has 0 fully saturated rings. The molecule has 0 aliphatic carbocycles. The normalized spacial score (nSPS) is 11.3. The van der Waals surface area contributed by atoms with Gasteiger partial charge in [-0.05, 0) is 6.07 Å². The number of halogens is 5. The smallest absolute Gasteiger partial charge is 0.431 e. The van der Waals surface area contributed by atoms with Gasteiger partial charge in [0.2, 0.25) is 11.8 Å². The number of ether oxygens (including phenoxy) is 3. The maximum atomic E-state index is 14.6. The van der Waals surface area contributed by atoms with Crippen LogP contribution in [0.5, 0.6) is 17.5 Å². The van der Waals surface area contributed by atoms with Gasteiger partial charge in [0, 0.05) is 31.3 Å². The van der Waals surface area contributed by atoms with Gasteiger partial charge in [-0.2, -0.15) is 18.2 Å². The quantitative estimate of drug-likeness (QED) is 0.376. The Bertz CT molecular complexity index is 1370. The Kier molecular flexibility index (Phi) is 6.96. The summed E-state index contributed by atoms with van der Waals surface area (Å²) < 4.78 is 69.2. The summed E-state index contributed by atoms with van der Waals surface area (Å²) in [7, 11) is 1.96. The van der Waals surface area contributed by atoms with Crippen LogP contribution in [0.4, 0.5) is 17.6 Å². The second-order valence-corrected chi connectivity index (χ2v) is 6.96. The molecular weight excluding hydrogens is 490 g/mol. The third-order valence-corrected chi connectivity index (χ3v) is 4.63. The van der Waals surface area contributed by atoms with Crippen molar-refractivity contribution in [2.45, 2.75) is 6.18 Å². The second kappa shape index (κ2) is 9.55. The van der Waals surface area contributed by atoms with Crippen molar-refractivity contribution in [3.05, 3.63) is 73.8 Å². The minimum atomic E-state index is -4.98. The highest BCUT2D eigenvalue weighted by molar-refractivity contribution is 6.32. The molecule has 0 bridgehead atoms. The minimum Gasteiger partial charge on any atom is -0.466 e. The van der Waals surface area contributed by atoms with E-state index in [1.807, 2.05) is 0 Å². The molecule has 9 nitrogen and oxygen atoms in total. The summed E-state index contributed by atoms with van der Waals surface area (Å²) in [6, 6.07) is 5.94. The van der Waals surface area contributed by atoms with Gasteiger partial charge < -0.3 is 14.2 Å². The topological polar surface area (TPSA) is 102 Å². The molecule has 180 valence electrons. The summed E-state index contributed by atoms with van der Waals surface area (Å²) in [5, 5.41) is -0.291. The van der Waals surface area contributed by atoms with Crippen LogP contribution in [-0.4, -0.2) is 33.8 Å². The lowest BCUT2D eigenvalue weighted by atomic mass is 10.2. The summed E-state index contributed by atoms with van der Waals surface area (Å²) in [6.45, 7) is -0.436. The monoisotopic (exact) mass is 503 g/mol. The van der Waals surface area contributed by atoms with Gasteiger partial charge in [0.15, 0.2) is 6.61 Å². The largest absolute Gasteiger partial charge is 0.466 e. The maximum Gasteiger partial charge on any atom is 0.431 e. The van der Waals surface area contributed by atoms with Crippen LogP contribution in [-0.2, 0) is 22.8 Å². The molecule has 0 spiro atoms. The number of hydrogen-bond donors (Lipinski definition) is 0. The van der Waals surface area contributed by atoms with Gasteiger partial charge in [0.25, 0.3) is 5.56 Å². The van der Waals surface area contributed by atoms with Gasteiger partial charge >= 0.3 is 17.8 Å². The maximum absolute atomic E-state index is 14.6. The van der Waals surface area contributed by atoms with Gasteiger partial charge in [-0.15, -0.1) is 0 Å². The summed E-state index contributed by atoms with van der Waals surface area (Å²) in [6.07, 6.45) is -4.98. The van der Waals surface area contributed by atoms with Crippen molar-refractivity contribution in [1.29, 1.82) is 0 Å². The van der Waals surface area contributed by atoms with Crippen LogP contribution in [0.3, 0.4) is 0 Å². The number of methoxy groups -OCH3 is 1. The third kappa shape index (κ3) is 5.20. The summed E-state index contributed by atoms with van der Waals surface area (Å²) in [5.41, 5.74) is -5.06. The van der Waals surface area contributed by atoms with E-state index in [9.17, 15) is 31.9 Å². The lowest BCUT2D eigenvalue weighted by Crippen LogP contribution is -2.41. The fourth-order valence-electron chi connectivity index (χ4n) is 2.72. The fourth-order valence-corrected chi connectivity index (χ4v) is 2.91. The minimum absolute atomic E-state index is 0.0332. The van der Waals surface area contributed by atoms with E-state index in [4.69, 9.17) is 21.1 Å². The number of rotatable bonds is 6. The van der Waals surface area contributed by atoms with Crippen LogP contribution < -0.4 is 20.7 Å². The first-order valence-electron chi connectivity index (χ1n) is 9.16. The SMILES string of the molecule is COC(=O)COc1cccc(Oc2cc(-n3c(=O)cc(C(F)(F)F)n(C)c3=O)c(F)cc2Cl)n1. The fraction of sp³-hybridized carbons (Fsp3) is 0.200. The standard InChI is InChI=1S/C20H14ClF4N3O6/c1-27-14(20(23,24)25)8-17(29)28(19(27)31)12-7-13(10(21)6-11(12)22)34-16-5-3-4-15(26-16)33-9-18(30)32-2/h3-8H,9H2,1-2H3. The first-order valence-corrected chi connectivity index (χ1v) is 9.54. The Balaban J connectivity index is 2.02. The molecular formula is C20H14ClF4N3O6. The van der Waals surface area contributed by atoms with Gasteiger partial charge in [0.05, 0.1) is 17.8 Å². The average molecular weight is 504 g/mol. The number of carbonyl (C=O) groups excluding carboxylic acids is 1. The zero-order valence-electron chi connectivity index (χ0n) is 17.4. The molecule has 0 amide bonds. The lowest BCUT2D eigenvalue weighted by molar-refractivity contribution is -0.144. The van der Waals surface area contributed by atoms with Crippen molar-refractivity contribution < 1.29 is 36.6 Å². The number of nitrogens with zero attached hydrogens (tertiary/aromatic N) is 3. The van der Waals surface area contributed by atoms with E-state index in [-0.39, 0.29) is 37.7 Å². The third-order valence-electron chi connectivity index (χ3n) is 4.33. The first kappa shape index (κ1) is 24.8. The number of aromatic nitrogens is 3. The van der Waals surface area contributed by atoms with Crippen LogP contribution in [0.1, 0.15) is 5.69 Å². The summed E-state index contributed by atoms with van der Waals surface area (Å²) in [4.78, 5) is 39.9. The van der Waals surface area contributed by atoms with E-state index in [0.717, 1.165) is 13.1 Å². The van der Waals surface area contributed by atoms with Crippen molar-refractivity contribution in [2.75, 3.05) is 13.7 Å². The van der Waals surface area contributed by atoms with E-state index >= 15 is 0 Å². The molecule has 34 heavy (non-hydrogen) atoms. The Morgan fingerprint density at radius 3 is 2.47 bits per heavy atom. The predicted octanol–water partition coefficient (Wildman–Crippen LogP) is 3.09. The van der Waals surface area contributed by atoms with E-state index in [0.29, 0.717) is 6.07 Å². The molecule has 2 heterocycles. The number of pyridine rings is 1. The highest BCUT2D eigenvalue weighted by Crippen LogP contribution is 2.33. The van der Waals surface area contributed by atoms with E-state index in [2.05, 4.69) is 9.72 Å². The zero-order valence-corrected chi connectivity index (χ0v) is 18.1. The van der Waals surface area contributed by atoms with E-state index in [1.165, 1.54) is 25.3 Å². The second-order valence-electron chi connectivity index (χ2n) is 6.56. The number of hydrogen-bond acceptors (Lipinski definition) is 7. The number of benzene rings is 1. The summed E-state index contributed by atoms with van der Waals surface area (Å²) >= 11 is 5.99. The molecule has 0 saturated carbocycles. The van der Waals surface area contributed by atoms with Crippen LogP contribution in [0.15, 0.2) is 46.0 Å². The van der Waals surface area contributed by atoms with Gasteiger partial charge in [-0.1, -0.05) is 17.7 Å². The Hall–Kier alpha value is -3.87. The van der Waals surface area contributed by atoms with Gasteiger partial charge in [0.1, 0.15) is 17.3 Å². The number of esters is 1. The Morgan fingerprint density at radius 2 is 1.82 bits per heavy atom. The number of alkyl halides is 3. The molecule has 1 aromatic carbocycles. The van der Waals surface area contributed by atoms with E-state index < -0.39 is 47.2 Å². The predicted molar refractivity (Wildman–Crippen MR) is 109 cm³/mol. The number of carbonyl (C=O) groups is 1. The molecule has 3 aromatic rings. The van der Waals surface area contributed by atoms with Crippen LogP contribution in [0.2, 0.25) is 5.02 Å². The molecule has 0 atom stereocenters. The molecule has 0 N–H and O–H groups in total. The van der Waals surface area contributed by atoms with Crippen LogP contribution >= 0.6 is 11.6 Å². The van der Waals surface area contributed by atoms with Crippen molar-refractivity contribution >= 4 is 17.6 Å². The first-order chi connectivity index (χ1) is 15.9. The van der Waals surface area contributed by atoms with Crippen LogP contribution in [0.25, 0.3) is 5.69 Å². The van der Waals surface area contributed by atoms with Crippen molar-refractivity contribution in [3.8, 4) is 23.2 Å². The molecule has 0 unspecified atom stereocenters. The Labute approximate surface area is 192 Å². The van der Waals surface area contributed by atoms with E-state index in [1.54, 1.807) is 0 Å². The molecule has 2 aromatic heterocycles. The van der Waals surface area contributed by atoms with Gasteiger partial charge in [-0.25, -0.2) is 18.5 Å². The van der Waals surface area contributed by atoms with Crippen LogP contribution in [0, 0.1) is 5.82 Å². The molecule has 0 aliphatic heterocycles. The molecule has 0 aliphatic rings. The van der Waals surface area contributed by atoms with Crippen molar-refractivity contribution in [2.24, 2.45) is 7.05 Å². The molecule has 0 radical (unpaired) electrons. The average Bonchev–Trinajstić information content (AvgIpc) is 2.77. The van der Waals surface area contributed by atoms with Gasteiger partial charge in [-0.3, -0.25) is 9.36 Å². The summed E-state index contributed by atoms with van der Waals surface area (Å²) in [5.74, 6) is -2.27.